The van der Waals surface area contributed by atoms with Crippen molar-refractivity contribution in [3.05, 3.63) is 5.92 Å². The van der Waals surface area contributed by atoms with Gasteiger partial charge in [-0.15, -0.1) is 0 Å². The van der Waals surface area contributed by atoms with Gasteiger partial charge in [0.2, 0.25) is 0 Å². The molecule has 0 heterocycles. The van der Waals surface area contributed by atoms with Gasteiger partial charge in [0.05, 0.1) is 5.60 Å². The summed E-state index contributed by atoms with van der Waals surface area (Å²) in [5, 5.41) is 7.95. The van der Waals surface area contributed by atoms with Crippen molar-refractivity contribution in [1.82, 2.24) is 0 Å². The van der Waals surface area contributed by atoms with E-state index in [1.54, 1.807) is 34.6 Å². The summed E-state index contributed by atoms with van der Waals surface area (Å²) in [6.07, 6.45) is 0. The molecule has 0 spiro atoms. The summed E-state index contributed by atoms with van der Waals surface area (Å²) in [5.74, 6) is -0.398. The summed E-state index contributed by atoms with van der Waals surface area (Å²) >= 11 is 0. The Bertz CT molecular complexity index is 161. The molecule has 0 bridgehead atoms. The van der Waals surface area contributed by atoms with Crippen LogP contribution in [0.1, 0.15) is 34.6 Å². The first-order valence-electron chi connectivity index (χ1n) is 3.79. The minimum atomic E-state index is -0.824. The van der Waals surface area contributed by atoms with Crippen molar-refractivity contribution in [1.29, 1.82) is 0 Å². The van der Waals surface area contributed by atoms with Crippen molar-refractivity contribution < 1.29 is 35.9 Å². The number of carboxylic acid groups (broad SMARTS) is 1. The molecule has 4 nitrogen and oxygen atoms in total. The van der Waals surface area contributed by atoms with Crippen LogP contribution in [0.3, 0.4) is 0 Å². The van der Waals surface area contributed by atoms with Gasteiger partial charge < -0.3 is 14.6 Å². The summed E-state index contributed by atoms with van der Waals surface area (Å²) in [6, 6.07) is 0. The summed E-state index contributed by atoms with van der Waals surface area (Å²) in [4.78, 5) is 19.1. The second-order valence-corrected chi connectivity index (χ2v) is 3.60. The van der Waals surface area contributed by atoms with Gasteiger partial charge >= 0.3 is 16.5 Å². The Morgan fingerprint density at radius 1 is 1.36 bits per heavy atom. The molecule has 0 radical (unpaired) electrons. The third kappa shape index (κ3) is 22.5. The molecule has 0 aromatic rings. The maximum atomic E-state index is 9.66. The third-order valence-corrected chi connectivity index (χ3v) is 0.776. The monoisotopic (exact) mass is 246 g/mol. The van der Waals surface area contributed by atoms with Gasteiger partial charge in [-0.1, -0.05) is 6.47 Å². The molecule has 0 aromatic carbocycles. The average Bonchev–Trinajstić information content (AvgIpc) is 1.85. The van der Waals surface area contributed by atoms with E-state index in [9.17, 15) is 9.59 Å². The van der Waals surface area contributed by atoms with Crippen LogP contribution in [-0.4, -0.2) is 23.1 Å². The van der Waals surface area contributed by atoms with Crippen LogP contribution < -0.4 is 0 Å². The Morgan fingerprint density at radius 3 is 1.64 bits per heavy atom. The number of carbonyl (C=O) groups is 1. The summed E-state index contributed by atoms with van der Waals surface area (Å²) in [7, 11) is 0. The maximum absolute atomic E-state index is 9.66. The third-order valence-electron chi connectivity index (χ3n) is 0.776. The molecule has 1 N–H and O–H groups in total. The zero-order chi connectivity index (χ0) is 11.1. The van der Waals surface area contributed by atoms with Gasteiger partial charge in [-0.3, -0.25) is 10.7 Å². The van der Waals surface area contributed by atoms with Gasteiger partial charge in [0.25, 0.3) is 0 Å². The van der Waals surface area contributed by atoms with Gasteiger partial charge in [-0.05, 0) is 20.8 Å². The minimum Gasteiger partial charge on any atom is -0.649 e. The topological polar surface area (TPSA) is 63.6 Å². The van der Waals surface area contributed by atoms with E-state index in [1.165, 1.54) is 6.47 Å². The van der Waals surface area contributed by atoms with Gasteiger partial charge in [0.15, 0.2) is 5.97 Å². The van der Waals surface area contributed by atoms with E-state index in [4.69, 9.17) is 5.11 Å². The predicted molar refractivity (Wildman–Crippen MR) is 48.8 cm³/mol. The van der Waals surface area contributed by atoms with Crippen LogP contribution in [0.25, 0.3) is 0 Å². The summed E-state index contributed by atoms with van der Waals surface area (Å²) in [5.41, 5.74) is -0.373. The first-order chi connectivity index (χ1) is 5.70. The summed E-state index contributed by atoms with van der Waals surface area (Å²) < 4.78 is 4.42. The Kier molecular flexibility index (Phi) is 12.0. The fourth-order valence-corrected chi connectivity index (χ4v) is 0.125. The zero-order valence-corrected chi connectivity index (χ0v) is 9.98. The Hall–Kier alpha value is -0.696. The standard InChI is InChI=1S/C5H9O2.C4H7O2.Ni/c1-5(2,3)7-4-6;1-3(2)4(5)6;/h1-3H3;1-2H3,(H,5,6);/q2*-1;+2. The van der Waals surface area contributed by atoms with Crippen LogP contribution in [0.4, 0.5) is 0 Å². The van der Waals surface area contributed by atoms with E-state index in [0.717, 1.165) is 0 Å². The van der Waals surface area contributed by atoms with Crippen LogP contribution in [-0.2, 0) is 30.8 Å². The van der Waals surface area contributed by atoms with E-state index >= 15 is 0 Å². The van der Waals surface area contributed by atoms with Gasteiger partial charge in [0.1, 0.15) is 0 Å². The Morgan fingerprint density at radius 2 is 1.64 bits per heavy atom. The quantitative estimate of drug-likeness (QED) is 0.593. The minimum absolute atomic E-state index is 0. The molecular weight excluding hydrogens is 231 g/mol. The number of rotatable bonds is 2. The van der Waals surface area contributed by atoms with E-state index < -0.39 is 5.97 Å². The molecule has 14 heavy (non-hydrogen) atoms. The molecule has 0 aliphatic carbocycles. The van der Waals surface area contributed by atoms with Crippen molar-refractivity contribution in [2.45, 2.75) is 40.2 Å². The van der Waals surface area contributed by atoms with Crippen LogP contribution in [0, 0.1) is 5.92 Å². The average molecular weight is 247 g/mol. The molecule has 0 unspecified atom stereocenters. The number of carbonyl (C=O) groups excluding carboxylic acids is 1. The van der Waals surface area contributed by atoms with Gasteiger partial charge in [-0.2, -0.15) is 13.8 Å². The molecule has 0 saturated carbocycles. The number of aliphatic carboxylic acids is 1. The van der Waals surface area contributed by atoms with Gasteiger partial charge in [-0.25, -0.2) is 0 Å². The van der Waals surface area contributed by atoms with Crippen LogP contribution in [0.15, 0.2) is 0 Å². The SMILES string of the molecule is CC(C)(C)O[C-]=O.C[C-](C)C(=O)O.[Ni+2]. The Labute approximate surface area is 94.9 Å². The maximum Gasteiger partial charge on any atom is 2.00 e. The smallest absolute Gasteiger partial charge is 0.649 e. The molecule has 0 atom stereocenters. The summed E-state index contributed by atoms with van der Waals surface area (Å²) in [6.45, 7) is 9.84. The van der Waals surface area contributed by atoms with E-state index in [0.29, 0.717) is 5.92 Å². The zero-order valence-electron chi connectivity index (χ0n) is 8.99. The molecule has 0 aliphatic heterocycles. The predicted octanol–water partition coefficient (Wildman–Crippen LogP) is 1.55. The molecule has 5 heteroatoms. The van der Waals surface area contributed by atoms with Crippen molar-refractivity contribution in [3.63, 3.8) is 0 Å². The number of hydrogen-bond donors (Lipinski definition) is 1. The molecular formula is C9H16NiO4. The van der Waals surface area contributed by atoms with Crippen molar-refractivity contribution in [2.24, 2.45) is 0 Å². The van der Waals surface area contributed by atoms with E-state index in [2.05, 4.69) is 4.74 Å². The molecule has 0 saturated heterocycles. The molecule has 86 valence electrons. The van der Waals surface area contributed by atoms with Crippen LogP contribution in [0.5, 0.6) is 0 Å². The van der Waals surface area contributed by atoms with Crippen molar-refractivity contribution >= 4 is 12.4 Å². The van der Waals surface area contributed by atoms with Crippen LogP contribution in [0.2, 0.25) is 0 Å². The van der Waals surface area contributed by atoms with Crippen molar-refractivity contribution in [2.75, 3.05) is 0 Å². The first kappa shape index (κ1) is 19.0. The number of carboxylic acids is 1. The number of hydrogen-bond acceptors (Lipinski definition) is 3. The second kappa shape index (κ2) is 8.88. The normalized spacial score (nSPS) is 8.64. The van der Waals surface area contributed by atoms with Crippen LogP contribution >= 0.6 is 0 Å². The van der Waals surface area contributed by atoms with Gasteiger partial charge in [0, 0.05) is 0 Å². The second-order valence-electron chi connectivity index (χ2n) is 3.60. The fourth-order valence-electron chi connectivity index (χ4n) is 0.125. The fraction of sp³-hybridized carbons (Fsp3) is 0.667. The van der Waals surface area contributed by atoms with E-state index in [1.807, 2.05) is 0 Å². The molecule has 0 fully saturated rings. The van der Waals surface area contributed by atoms with E-state index in [-0.39, 0.29) is 22.1 Å². The molecule has 0 aromatic heterocycles. The largest absolute Gasteiger partial charge is 2.00 e. The van der Waals surface area contributed by atoms with Crippen molar-refractivity contribution in [3.8, 4) is 0 Å². The molecule has 0 amide bonds. The molecule has 0 aliphatic rings. The Balaban J connectivity index is -0.000000163. The molecule has 0 rings (SSSR count). The first-order valence-corrected chi connectivity index (χ1v) is 3.79. The number of ether oxygens (including phenoxy) is 1.